The minimum Gasteiger partial charge on any atom is -0.480 e. The average Bonchev–Trinajstić information content (AvgIpc) is 2.82. The van der Waals surface area contributed by atoms with Crippen LogP contribution in [0.3, 0.4) is 0 Å². The molecule has 0 saturated heterocycles. The lowest BCUT2D eigenvalue weighted by molar-refractivity contribution is -0.136. The van der Waals surface area contributed by atoms with E-state index in [-0.39, 0.29) is 23.7 Å². The minimum absolute atomic E-state index is 0.167. The van der Waals surface area contributed by atoms with E-state index in [0.29, 0.717) is 27.6 Å². The highest BCUT2D eigenvalue weighted by Gasteiger charge is 2.34. The normalized spacial score (nSPS) is 12.5. The minimum atomic E-state index is -4.27. The monoisotopic (exact) mass is 495 g/mol. The zero-order valence-corrected chi connectivity index (χ0v) is 19.8. The van der Waals surface area contributed by atoms with Gasteiger partial charge in [0.25, 0.3) is 5.56 Å². The summed E-state index contributed by atoms with van der Waals surface area (Å²) in [5, 5.41) is 16.1. The number of fused-ring (bicyclic) bond motifs is 1. The summed E-state index contributed by atoms with van der Waals surface area (Å²) in [6.45, 7) is 3.18. The van der Waals surface area contributed by atoms with Gasteiger partial charge in [-0.2, -0.15) is 0 Å². The molecule has 4 aromatic rings. The van der Waals surface area contributed by atoms with Crippen molar-refractivity contribution in [2.24, 2.45) is 0 Å². The van der Waals surface area contributed by atoms with Crippen LogP contribution in [0.25, 0.3) is 22.0 Å². The second-order valence-electron chi connectivity index (χ2n) is 8.24. The Hall–Kier alpha value is -3.92. The topological polar surface area (TPSA) is 119 Å². The van der Waals surface area contributed by atoms with Crippen LogP contribution in [-0.2, 0) is 21.2 Å². The maximum Gasteiger partial charge on any atom is 0.322 e. The Morgan fingerprint density at radius 2 is 1.71 bits per heavy atom. The van der Waals surface area contributed by atoms with Gasteiger partial charge in [-0.05, 0) is 72.9 Å². The first kappa shape index (κ1) is 24.2. The van der Waals surface area contributed by atoms with E-state index in [1.54, 1.807) is 56.3 Å². The number of aryl methyl sites for hydroxylation is 3. The molecule has 8 nitrogen and oxygen atoms in total. The lowest BCUT2D eigenvalue weighted by Gasteiger charge is -2.15. The van der Waals surface area contributed by atoms with E-state index in [2.05, 4.69) is 10.3 Å². The highest BCUT2D eigenvalue weighted by Crippen LogP contribution is 2.26. The molecule has 0 aliphatic carbocycles. The molecule has 35 heavy (non-hydrogen) atoms. The molecule has 0 aliphatic rings. The van der Waals surface area contributed by atoms with Gasteiger partial charge in [0.05, 0.1) is 10.3 Å². The molecular weight excluding hydrogens is 473 g/mol. The van der Waals surface area contributed by atoms with Crippen LogP contribution in [0.5, 0.6) is 0 Å². The molecule has 10 heteroatoms. The molecule has 0 amide bonds. The zero-order valence-electron chi connectivity index (χ0n) is 19.0. The van der Waals surface area contributed by atoms with Crippen LogP contribution < -0.4 is 5.56 Å². The van der Waals surface area contributed by atoms with Crippen molar-refractivity contribution in [1.29, 1.82) is 0 Å². The molecule has 180 valence electrons. The van der Waals surface area contributed by atoms with Gasteiger partial charge in [0.15, 0.2) is 15.1 Å². The second kappa shape index (κ2) is 9.38. The van der Waals surface area contributed by atoms with Gasteiger partial charge in [-0.3, -0.25) is 9.59 Å². The molecule has 0 spiro atoms. The van der Waals surface area contributed by atoms with Crippen molar-refractivity contribution in [3.05, 3.63) is 88.0 Å². The van der Waals surface area contributed by atoms with E-state index in [4.69, 9.17) is 0 Å². The maximum absolute atomic E-state index is 13.5. The van der Waals surface area contributed by atoms with Crippen molar-refractivity contribution in [3.63, 3.8) is 0 Å². The lowest BCUT2D eigenvalue weighted by atomic mass is 10.0. The predicted octanol–water partition coefficient (Wildman–Crippen LogP) is 3.53. The first-order valence-corrected chi connectivity index (χ1v) is 12.3. The lowest BCUT2D eigenvalue weighted by Crippen LogP contribution is -2.34. The quantitative estimate of drug-likeness (QED) is 0.417. The third-order valence-corrected chi connectivity index (χ3v) is 8.00. The molecule has 4 rings (SSSR count). The summed E-state index contributed by atoms with van der Waals surface area (Å²) < 4.78 is 40.8. The number of sulfone groups is 1. The highest BCUT2D eigenvalue weighted by atomic mass is 32.2. The summed E-state index contributed by atoms with van der Waals surface area (Å²) in [6, 6.07) is 15.4. The van der Waals surface area contributed by atoms with E-state index < -0.39 is 26.6 Å². The van der Waals surface area contributed by atoms with Crippen LogP contribution in [-0.4, -0.2) is 39.7 Å². The Labute approximate surface area is 200 Å². The Morgan fingerprint density at radius 3 is 2.37 bits per heavy atom. The Morgan fingerprint density at radius 1 is 1.03 bits per heavy atom. The number of carbonyl (C=O) groups is 1. The number of hydrogen-bond donors (Lipinski definition) is 1. The summed E-state index contributed by atoms with van der Waals surface area (Å²) in [6.07, 6.45) is -0.373. The third kappa shape index (κ3) is 4.69. The van der Waals surface area contributed by atoms with Crippen molar-refractivity contribution < 1.29 is 22.7 Å². The number of carboxylic acid groups (broad SMARTS) is 1. The number of aliphatic carboxylic acids is 1. The Bertz CT molecular complexity index is 1600. The molecule has 3 aromatic carbocycles. The molecule has 1 heterocycles. The molecule has 0 aliphatic heterocycles. The molecule has 0 saturated carbocycles. The van der Waals surface area contributed by atoms with Gasteiger partial charge in [-0.25, -0.2) is 17.5 Å². The Balaban J connectivity index is 1.59. The van der Waals surface area contributed by atoms with Crippen LogP contribution >= 0.6 is 0 Å². The smallest absolute Gasteiger partial charge is 0.322 e. The molecule has 1 aromatic heterocycles. The van der Waals surface area contributed by atoms with E-state index >= 15 is 0 Å². The highest BCUT2D eigenvalue weighted by molar-refractivity contribution is 7.92. The molecule has 0 bridgehead atoms. The largest absolute Gasteiger partial charge is 0.480 e. The van der Waals surface area contributed by atoms with Crippen molar-refractivity contribution in [2.75, 3.05) is 0 Å². The van der Waals surface area contributed by atoms with E-state index in [1.807, 2.05) is 0 Å². The number of halogens is 1. The van der Waals surface area contributed by atoms with Crippen molar-refractivity contribution >= 4 is 26.7 Å². The molecule has 1 unspecified atom stereocenters. The summed E-state index contributed by atoms with van der Waals surface area (Å²) in [5.41, 5.74) is 2.54. The van der Waals surface area contributed by atoms with Crippen LogP contribution in [0.15, 0.2) is 70.4 Å². The van der Waals surface area contributed by atoms with Crippen molar-refractivity contribution in [2.45, 2.75) is 37.0 Å². The number of benzene rings is 3. The van der Waals surface area contributed by atoms with Crippen molar-refractivity contribution in [3.8, 4) is 11.1 Å². The summed E-state index contributed by atoms with van der Waals surface area (Å²) in [7, 11) is -4.27. The van der Waals surface area contributed by atoms with Gasteiger partial charge in [0.2, 0.25) is 0 Å². The van der Waals surface area contributed by atoms with E-state index in [1.165, 1.54) is 18.2 Å². The fourth-order valence-electron chi connectivity index (χ4n) is 3.87. The van der Waals surface area contributed by atoms with Crippen LogP contribution in [0.2, 0.25) is 0 Å². The standard InChI is InChI=1S/C25H22FN3O5S/c1-15-4-3-5-20-23(15)27-28-29(24(20)30)13-12-22(25(31)32)35(33,34)19-9-6-17(7-10-19)18-8-11-21(26)16(2)14-18/h3-11,14,22H,12-13H2,1-2H3,(H,31,32). The zero-order chi connectivity index (χ0) is 25.3. The van der Waals surface area contributed by atoms with E-state index in [0.717, 1.165) is 10.2 Å². The van der Waals surface area contributed by atoms with Crippen LogP contribution in [0, 0.1) is 19.7 Å². The van der Waals surface area contributed by atoms with Gasteiger partial charge in [0, 0.05) is 6.54 Å². The first-order chi connectivity index (χ1) is 16.6. The van der Waals surface area contributed by atoms with Gasteiger partial charge >= 0.3 is 5.97 Å². The van der Waals surface area contributed by atoms with Crippen LogP contribution in [0.4, 0.5) is 4.39 Å². The van der Waals surface area contributed by atoms with Gasteiger partial charge in [-0.15, -0.1) is 5.10 Å². The molecular formula is C25H22FN3O5S. The Kier molecular flexibility index (Phi) is 6.49. The summed E-state index contributed by atoms with van der Waals surface area (Å²) in [4.78, 5) is 24.5. The van der Waals surface area contributed by atoms with Crippen molar-refractivity contribution in [1.82, 2.24) is 15.0 Å². The predicted molar refractivity (Wildman–Crippen MR) is 128 cm³/mol. The SMILES string of the molecule is Cc1cc(-c2ccc(S(=O)(=O)C(CCn3nnc4c(C)cccc4c3=O)C(=O)O)cc2)ccc1F. The average molecular weight is 496 g/mol. The summed E-state index contributed by atoms with van der Waals surface area (Å²) in [5.74, 6) is -1.87. The number of aromatic nitrogens is 3. The molecule has 0 fully saturated rings. The summed E-state index contributed by atoms with van der Waals surface area (Å²) >= 11 is 0. The number of carboxylic acids is 1. The van der Waals surface area contributed by atoms with Gasteiger partial charge in [0.1, 0.15) is 11.3 Å². The fraction of sp³-hybridized carbons (Fsp3) is 0.200. The third-order valence-electron chi connectivity index (χ3n) is 5.88. The molecule has 1 N–H and O–H groups in total. The van der Waals surface area contributed by atoms with Gasteiger partial charge in [-0.1, -0.05) is 35.5 Å². The maximum atomic E-state index is 13.5. The number of nitrogens with zero attached hydrogens (tertiary/aromatic N) is 3. The van der Waals surface area contributed by atoms with Crippen LogP contribution in [0.1, 0.15) is 17.5 Å². The first-order valence-electron chi connectivity index (χ1n) is 10.8. The number of hydrogen-bond acceptors (Lipinski definition) is 6. The second-order valence-corrected chi connectivity index (χ2v) is 10.4. The van der Waals surface area contributed by atoms with E-state index in [9.17, 15) is 27.5 Å². The molecule has 0 radical (unpaired) electrons. The fourth-order valence-corrected chi connectivity index (χ4v) is 5.39. The number of rotatable bonds is 7. The van der Waals surface area contributed by atoms with Gasteiger partial charge < -0.3 is 5.11 Å². The molecule has 1 atom stereocenters.